The van der Waals surface area contributed by atoms with Gasteiger partial charge in [0.2, 0.25) is 41.2 Å². The molecule has 0 spiro atoms. The van der Waals surface area contributed by atoms with Crippen molar-refractivity contribution >= 4 is 70.7 Å². The third-order valence-electron chi connectivity index (χ3n) is 19.4. The highest BCUT2D eigenvalue weighted by Crippen LogP contribution is 2.50. The van der Waals surface area contributed by atoms with Crippen molar-refractivity contribution in [3.8, 4) is 80.1 Å². The van der Waals surface area contributed by atoms with Crippen LogP contribution in [0.4, 0.5) is 4.79 Å². The minimum Gasteiger partial charge on any atom is -0.508 e. The van der Waals surface area contributed by atoms with Crippen molar-refractivity contribution in [2.24, 2.45) is 0 Å². The van der Waals surface area contributed by atoms with Crippen LogP contribution in [0.15, 0.2) is 109 Å². The van der Waals surface area contributed by atoms with Crippen LogP contribution in [-0.4, -0.2) is 124 Å². The van der Waals surface area contributed by atoms with Crippen molar-refractivity contribution in [3.05, 3.63) is 164 Å². The SMILES string of the molecule is CCCCCCCCN(CCCCCCCC)Cc1c(O)cc2c(c1O)-c1cc(ccc1O)[C@@H]1NC(=O)[C@H]3NC(=O)[C@H]4NC(=O)[C@H](Cc5ccc(c(Cl)c5)Oc5cc3cc(c5O)Oc3ccc(cc3Cl)C(O)[C@H](NC1=O)C(=O)N[C@@H]2C(=O)O)NC(=O)[C@H](NC(=O)OC(C)(C)C)c1ccc(O)c(c1)Oc1cc(O)cc4c1. The molecule has 30 heteroatoms. The van der Waals surface area contributed by atoms with Crippen LogP contribution < -0.4 is 51.4 Å². The number of nitrogens with zero attached hydrogens (tertiary/aromatic N) is 1. The third-order valence-corrected chi connectivity index (χ3v) is 20.0. The standard InChI is InChI=1S/C80H88Cl2N8O20/c1-6-8-10-12-14-16-26-90(27-17-15-13-11-9-7-2)39-50-56(94)38-49-62(70(50)96)48-32-41(19-22-54(48)92)63-74(100)88-68(77(103)87-67(49)78(104)105)69(95)43-21-25-58(52(82)33-43)109-61-36-45-35-60(71(61)97)108-57-24-18-40(28-51(57)81)29-53-72(98)84-65(75(101)86-66(45)76(102)85-63)44-30-46(91)37-47(31-44)107-59-34-42(20-23-55(59)93)64(73(99)83-53)89-79(106)110-80(3,4)5/h18-25,28,30-38,53,63-69,91-97H,6-17,26-27,29,39H2,1-5H3,(H,83,99)(H,84,98)(H,85,102)(H,86,101)(H,87,103)(H,88,100)(H,89,106)(H,104,105)/t53-,63-,64+,65-,66-,67-,68-,69?/m0/s1. The number of carbonyl (C=O) groups is 8. The Morgan fingerprint density at radius 3 is 1.70 bits per heavy atom. The molecule has 17 bridgehead atoms. The van der Waals surface area contributed by atoms with Crippen LogP contribution in [0.5, 0.6) is 69.0 Å². The molecule has 6 aliphatic rings. The van der Waals surface area contributed by atoms with E-state index in [4.69, 9.17) is 42.1 Å². The van der Waals surface area contributed by atoms with Gasteiger partial charge in [0.1, 0.15) is 88.2 Å². The second-order valence-corrected chi connectivity index (χ2v) is 29.6. The van der Waals surface area contributed by atoms with Gasteiger partial charge in [-0.05, 0) is 159 Å². The number of rotatable bonds is 18. The van der Waals surface area contributed by atoms with Crippen molar-refractivity contribution in [2.45, 2.75) is 179 Å². The third kappa shape index (κ3) is 18.7. The van der Waals surface area contributed by atoms with Gasteiger partial charge in [0.15, 0.2) is 29.0 Å². The Balaban J connectivity index is 1.09. The zero-order chi connectivity index (χ0) is 79.0. The van der Waals surface area contributed by atoms with E-state index in [1.54, 1.807) is 20.8 Å². The number of alkyl carbamates (subject to hydrolysis) is 1. The zero-order valence-electron chi connectivity index (χ0n) is 61.0. The summed E-state index contributed by atoms with van der Waals surface area (Å²) in [5.74, 6) is -15.3. The summed E-state index contributed by atoms with van der Waals surface area (Å²) < 4.78 is 24.3. The van der Waals surface area contributed by atoms with E-state index < -0.39 is 165 Å². The van der Waals surface area contributed by atoms with E-state index in [1.165, 1.54) is 54.6 Å². The first-order chi connectivity index (χ1) is 52.4. The lowest BCUT2D eigenvalue weighted by Gasteiger charge is -2.31. The summed E-state index contributed by atoms with van der Waals surface area (Å²) >= 11 is 14.0. The van der Waals surface area contributed by atoms with Gasteiger partial charge in [-0.15, -0.1) is 0 Å². The van der Waals surface area contributed by atoms with Crippen molar-refractivity contribution in [1.82, 2.24) is 42.1 Å². The van der Waals surface area contributed by atoms with Crippen molar-refractivity contribution in [1.29, 1.82) is 0 Å². The molecule has 15 N–H and O–H groups in total. The number of phenolic OH excluding ortho intramolecular Hbond substituents is 6. The summed E-state index contributed by atoms with van der Waals surface area (Å²) in [7, 11) is 0. The molecule has 0 radical (unpaired) electrons. The molecule has 28 nitrogen and oxygen atoms in total. The summed E-state index contributed by atoms with van der Waals surface area (Å²) in [6.07, 6.45) is 7.94. The molecule has 0 fully saturated rings. The van der Waals surface area contributed by atoms with Crippen LogP contribution in [0.1, 0.15) is 192 Å². The predicted octanol–water partition coefficient (Wildman–Crippen LogP) is 12.1. The normalized spacial score (nSPS) is 19.9. The van der Waals surface area contributed by atoms with Gasteiger partial charge in [-0.2, -0.15) is 0 Å². The second kappa shape index (κ2) is 34.6. The van der Waals surface area contributed by atoms with Gasteiger partial charge >= 0.3 is 12.1 Å². The van der Waals surface area contributed by atoms with Gasteiger partial charge in [-0.25, -0.2) is 9.59 Å². The summed E-state index contributed by atoms with van der Waals surface area (Å²) in [6.45, 7) is 9.98. The van der Waals surface area contributed by atoms with Crippen molar-refractivity contribution in [3.63, 3.8) is 0 Å². The fraction of sp³-hybridized carbons (Fsp3) is 0.375. The molecule has 0 saturated heterocycles. The van der Waals surface area contributed by atoms with Crippen molar-refractivity contribution in [2.75, 3.05) is 13.1 Å². The highest BCUT2D eigenvalue weighted by Gasteiger charge is 2.42. The average molecular weight is 1550 g/mol. The zero-order valence-corrected chi connectivity index (χ0v) is 62.5. The topological polar surface area (TPSA) is 423 Å². The largest absolute Gasteiger partial charge is 0.508 e. The van der Waals surface area contributed by atoms with Gasteiger partial charge in [0.05, 0.1) is 15.6 Å². The lowest BCUT2D eigenvalue weighted by atomic mass is 9.87. The number of amides is 7. The molecular formula is C80H88Cl2N8O20. The number of hydrogen-bond acceptors (Lipinski definition) is 20. The van der Waals surface area contributed by atoms with E-state index in [0.717, 1.165) is 132 Å². The molecule has 7 amide bonds. The predicted molar refractivity (Wildman–Crippen MR) is 402 cm³/mol. The number of halogens is 2. The molecule has 582 valence electrons. The average Bonchev–Trinajstić information content (AvgIpc) is 0.753. The van der Waals surface area contributed by atoms with Gasteiger partial charge in [0, 0.05) is 35.7 Å². The summed E-state index contributed by atoms with van der Waals surface area (Å²) in [6, 6.07) is 6.95. The highest BCUT2D eigenvalue weighted by atomic mass is 35.5. The first kappa shape index (κ1) is 79.8. The first-order valence-electron chi connectivity index (χ1n) is 36.5. The van der Waals surface area contributed by atoms with Crippen LogP contribution in [0.2, 0.25) is 10.0 Å². The van der Waals surface area contributed by atoms with E-state index in [1.807, 2.05) is 0 Å². The molecule has 0 saturated carbocycles. The number of hydrogen-bond donors (Lipinski definition) is 15. The second-order valence-electron chi connectivity index (χ2n) is 28.8. The summed E-state index contributed by atoms with van der Waals surface area (Å²) in [5.41, 5.74) is -3.33. The molecule has 7 aromatic carbocycles. The molecule has 7 aromatic rings. The molecule has 0 aliphatic carbocycles. The Labute approximate surface area is 643 Å². The fourth-order valence-electron chi connectivity index (χ4n) is 13.7. The van der Waals surface area contributed by atoms with Crippen molar-refractivity contribution < 1.29 is 98.2 Å². The van der Waals surface area contributed by atoms with Gasteiger partial charge < -0.3 is 97.0 Å². The van der Waals surface area contributed by atoms with E-state index in [-0.39, 0.29) is 84.1 Å². The molecule has 110 heavy (non-hydrogen) atoms. The maximum absolute atomic E-state index is 16.2. The fourth-order valence-corrected chi connectivity index (χ4v) is 14.2. The molecule has 13 rings (SSSR count). The number of phenols is 6. The number of aliphatic hydroxyl groups excluding tert-OH is 1. The number of aromatic hydroxyl groups is 6. The highest BCUT2D eigenvalue weighted by molar-refractivity contribution is 6.32. The van der Waals surface area contributed by atoms with Crippen LogP contribution in [0.25, 0.3) is 11.1 Å². The number of carboxylic acids is 1. The smallest absolute Gasteiger partial charge is 0.408 e. The Morgan fingerprint density at radius 2 is 1.08 bits per heavy atom. The molecule has 1 unspecified atom stereocenters. The number of fused-ring (bicyclic) bond motifs is 14. The number of carbonyl (C=O) groups excluding carboxylic acids is 7. The molecular weight excluding hydrogens is 1460 g/mol. The summed E-state index contributed by atoms with van der Waals surface area (Å²) in [4.78, 5) is 123. The van der Waals surface area contributed by atoms with Crippen LogP contribution in [0.3, 0.4) is 0 Å². The maximum Gasteiger partial charge on any atom is 0.408 e. The number of carboxylic acid groups (broad SMARTS) is 1. The number of ether oxygens (including phenoxy) is 4. The lowest BCUT2D eigenvalue weighted by molar-refractivity contribution is -0.143. The minimum absolute atomic E-state index is 0.00608. The number of aliphatic hydroxyl groups is 1. The van der Waals surface area contributed by atoms with Gasteiger partial charge in [0.25, 0.3) is 0 Å². The molecule has 8 atom stereocenters. The quantitative estimate of drug-likeness (QED) is 0.0355. The minimum atomic E-state index is -2.24. The summed E-state index contributed by atoms with van der Waals surface area (Å²) in [5, 5.41) is 113. The first-order valence-corrected chi connectivity index (χ1v) is 37.2. The molecule has 0 aromatic heterocycles. The van der Waals surface area contributed by atoms with Gasteiger partial charge in [-0.3, -0.25) is 33.7 Å². The van der Waals surface area contributed by atoms with E-state index in [2.05, 4.69) is 56.0 Å². The Bertz CT molecular complexity index is 4690. The monoisotopic (exact) mass is 1550 g/mol. The number of nitrogens with one attached hydrogen (secondary N) is 7. The molecule has 6 aliphatic heterocycles. The number of unbranched alkanes of at least 4 members (excludes halogenated alkanes) is 10. The van der Waals surface area contributed by atoms with Gasteiger partial charge in [-0.1, -0.05) is 126 Å². The van der Waals surface area contributed by atoms with E-state index in [0.29, 0.717) is 13.1 Å². The lowest BCUT2D eigenvalue weighted by Crippen LogP contribution is -2.55. The van der Waals surface area contributed by atoms with E-state index >= 15 is 24.0 Å². The van der Waals surface area contributed by atoms with E-state index in [9.17, 15) is 55.2 Å². The van der Waals surface area contributed by atoms with Crippen LogP contribution in [-0.2, 0) is 51.3 Å². The Hall–Kier alpha value is -11.2. The van der Waals surface area contributed by atoms with Crippen LogP contribution >= 0.6 is 23.2 Å². The van der Waals surface area contributed by atoms with Crippen LogP contribution in [0, 0.1) is 0 Å². The number of aliphatic carboxylic acids is 1. The Kier molecular flexibility index (Phi) is 25.1. The maximum atomic E-state index is 16.2. The molecule has 6 heterocycles. The number of benzene rings is 7. The Morgan fingerprint density at radius 1 is 0.527 bits per heavy atom.